The minimum atomic E-state index is 0.506. The molecular formula is C16H21N3O. The molecule has 2 aromatic rings. The fraction of sp³-hybridized carbons (Fsp3) is 0.312. The lowest BCUT2D eigenvalue weighted by molar-refractivity contribution is 0.363. The second kappa shape index (κ2) is 6.91. The Bertz CT molecular complexity index is 581. The quantitative estimate of drug-likeness (QED) is 0.786. The summed E-state index contributed by atoms with van der Waals surface area (Å²) in [6.07, 6.45) is 3.55. The van der Waals surface area contributed by atoms with Crippen LogP contribution in [0.4, 0.5) is 5.69 Å². The predicted molar refractivity (Wildman–Crippen MR) is 84.5 cm³/mol. The molecule has 1 aromatic carbocycles. The van der Waals surface area contributed by atoms with Gasteiger partial charge in [0.05, 0.1) is 5.52 Å². The van der Waals surface area contributed by atoms with Gasteiger partial charge in [0.15, 0.2) is 0 Å². The summed E-state index contributed by atoms with van der Waals surface area (Å²) in [4.78, 5) is 6.55. The number of fused-ring (bicyclic) bond motifs is 1. The molecule has 0 bridgehead atoms. The minimum Gasteiger partial charge on any atom is -0.489 e. The van der Waals surface area contributed by atoms with Crippen LogP contribution in [0, 0.1) is 0 Å². The second-order valence-corrected chi connectivity index (χ2v) is 4.87. The molecule has 4 nitrogen and oxygen atoms in total. The number of hydrogen-bond donors (Lipinski definition) is 1. The van der Waals surface area contributed by atoms with E-state index in [1.165, 1.54) is 0 Å². The van der Waals surface area contributed by atoms with Gasteiger partial charge in [0, 0.05) is 36.4 Å². The first-order valence-electron chi connectivity index (χ1n) is 6.72. The fourth-order valence-corrected chi connectivity index (χ4v) is 1.94. The van der Waals surface area contributed by atoms with E-state index in [4.69, 9.17) is 4.74 Å². The molecule has 0 radical (unpaired) electrons. The van der Waals surface area contributed by atoms with Crippen LogP contribution < -0.4 is 10.1 Å². The highest BCUT2D eigenvalue weighted by Crippen LogP contribution is 2.25. The summed E-state index contributed by atoms with van der Waals surface area (Å²) in [5.41, 5.74) is 2.04. The van der Waals surface area contributed by atoms with Crippen LogP contribution in [0.1, 0.15) is 0 Å². The van der Waals surface area contributed by atoms with Gasteiger partial charge in [-0.1, -0.05) is 12.7 Å². The van der Waals surface area contributed by atoms with Crippen LogP contribution in [0.15, 0.2) is 43.1 Å². The van der Waals surface area contributed by atoms with Crippen molar-refractivity contribution in [3.8, 4) is 5.75 Å². The highest BCUT2D eigenvalue weighted by Gasteiger charge is 2.03. The second-order valence-electron chi connectivity index (χ2n) is 4.87. The smallest absolute Gasteiger partial charge is 0.121 e. The lowest BCUT2D eigenvalue weighted by atomic mass is 10.2. The molecule has 4 heteroatoms. The summed E-state index contributed by atoms with van der Waals surface area (Å²) in [5.74, 6) is 0.815. The Kier molecular flexibility index (Phi) is 4.96. The van der Waals surface area contributed by atoms with Crippen molar-refractivity contribution in [2.75, 3.05) is 39.1 Å². The topological polar surface area (TPSA) is 37.4 Å². The summed E-state index contributed by atoms with van der Waals surface area (Å²) >= 11 is 0. The molecular weight excluding hydrogens is 250 g/mol. The molecule has 106 valence electrons. The average molecular weight is 271 g/mol. The molecule has 0 saturated heterocycles. The number of aromatic nitrogens is 1. The van der Waals surface area contributed by atoms with Gasteiger partial charge in [0.2, 0.25) is 0 Å². The first-order chi connectivity index (χ1) is 9.70. The molecule has 0 atom stereocenters. The van der Waals surface area contributed by atoms with Crippen molar-refractivity contribution in [3.05, 3.63) is 43.1 Å². The van der Waals surface area contributed by atoms with Crippen LogP contribution in [0.2, 0.25) is 0 Å². The van der Waals surface area contributed by atoms with Gasteiger partial charge in [-0.15, -0.1) is 0 Å². The SMILES string of the molecule is C=CCOc1ccc2c(NCCN(C)C)ccnc2c1. The monoisotopic (exact) mass is 271 g/mol. The van der Waals surface area contributed by atoms with Crippen molar-refractivity contribution in [1.82, 2.24) is 9.88 Å². The van der Waals surface area contributed by atoms with E-state index >= 15 is 0 Å². The third-order valence-electron chi connectivity index (χ3n) is 2.96. The van der Waals surface area contributed by atoms with Gasteiger partial charge in [-0.05, 0) is 32.3 Å². The van der Waals surface area contributed by atoms with Crippen molar-refractivity contribution in [1.29, 1.82) is 0 Å². The maximum absolute atomic E-state index is 5.53. The Morgan fingerprint density at radius 1 is 1.35 bits per heavy atom. The van der Waals surface area contributed by atoms with Crippen LogP contribution in [0.25, 0.3) is 10.9 Å². The van der Waals surface area contributed by atoms with Gasteiger partial charge < -0.3 is 15.0 Å². The maximum atomic E-state index is 5.53. The van der Waals surface area contributed by atoms with E-state index in [1.807, 2.05) is 30.5 Å². The van der Waals surface area contributed by atoms with Gasteiger partial charge in [0.1, 0.15) is 12.4 Å². The molecule has 0 unspecified atom stereocenters. The van der Waals surface area contributed by atoms with E-state index in [2.05, 4.69) is 35.9 Å². The summed E-state index contributed by atoms with van der Waals surface area (Å²) in [5, 5.41) is 4.55. The van der Waals surface area contributed by atoms with Gasteiger partial charge in [-0.25, -0.2) is 0 Å². The number of hydrogen-bond acceptors (Lipinski definition) is 4. The molecule has 0 fully saturated rings. The molecule has 1 N–H and O–H groups in total. The van der Waals surface area contributed by atoms with Gasteiger partial charge >= 0.3 is 0 Å². The van der Waals surface area contributed by atoms with Gasteiger partial charge in [0.25, 0.3) is 0 Å². The zero-order chi connectivity index (χ0) is 14.4. The summed E-state index contributed by atoms with van der Waals surface area (Å²) < 4.78 is 5.53. The van der Waals surface area contributed by atoms with Crippen molar-refractivity contribution < 1.29 is 4.74 Å². The van der Waals surface area contributed by atoms with Crippen molar-refractivity contribution in [2.24, 2.45) is 0 Å². The van der Waals surface area contributed by atoms with Gasteiger partial charge in [-0.2, -0.15) is 0 Å². The number of pyridine rings is 1. The van der Waals surface area contributed by atoms with Crippen LogP contribution in [-0.2, 0) is 0 Å². The molecule has 0 saturated carbocycles. The number of likely N-dealkylation sites (N-methyl/N-ethyl adjacent to an activating group) is 1. The summed E-state index contributed by atoms with van der Waals surface area (Å²) in [7, 11) is 4.13. The van der Waals surface area contributed by atoms with Crippen molar-refractivity contribution in [2.45, 2.75) is 0 Å². The van der Waals surface area contributed by atoms with E-state index in [9.17, 15) is 0 Å². The van der Waals surface area contributed by atoms with Crippen LogP contribution in [-0.4, -0.2) is 43.7 Å². The number of nitrogens with one attached hydrogen (secondary N) is 1. The standard InChI is InChI=1S/C16H21N3O/c1-4-11-20-13-5-6-14-15(18-9-10-19(2)3)7-8-17-16(14)12-13/h4-8,12H,1,9-11H2,2-3H3,(H,17,18). The molecule has 1 heterocycles. The molecule has 20 heavy (non-hydrogen) atoms. The molecule has 0 amide bonds. The fourth-order valence-electron chi connectivity index (χ4n) is 1.94. The molecule has 0 aliphatic carbocycles. The molecule has 0 aliphatic heterocycles. The van der Waals surface area contributed by atoms with E-state index in [-0.39, 0.29) is 0 Å². The molecule has 0 spiro atoms. The van der Waals surface area contributed by atoms with Crippen molar-refractivity contribution in [3.63, 3.8) is 0 Å². The van der Waals surface area contributed by atoms with E-state index in [1.54, 1.807) is 6.08 Å². The molecule has 0 aliphatic rings. The Balaban J connectivity index is 2.17. The predicted octanol–water partition coefficient (Wildman–Crippen LogP) is 2.77. The Morgan fingerprint density at radius 2 is 2.20 bits per heavy atom. The Labute approximate surface area is 120 Å². The number of benzene rings is 1. The molecule has 2 rings (SSSR count). The van der Waals surface area contributed by atoms with Crippen molar-refractivity contribution >= 4 is 16.6 Å². The highest BCUT2D eigenvalue weighted by molar-refractivity contribution is 5.91. The Morgan fingerprint density at radius 3 is 2.95 bits per heavy atom. The zero-order valence-electron chi connectivity index (χ0n) is 12.1. The molecule has 1 aromatic heterocycles. The summed E-state index contributed by atoms with van der Waals surface area (Å²) in [6, 6.07) is 7.96. The number of nitrogens with zero attached hydrogens (tertiary/aromatic N) is 2. The van der Waals surface area contributed by atoms with E-state index in [0.29, 0.717) is 6.61 Å². The van der Waals surface area contributed by atoms with Gasteiger partial charge in [-0.3, -0.25) is 4.98 Å². The highest BCUT2D eigenvalue weighted by atomic mass is 16.5. The normalized spacial score (nSPS) is 10.8. The largest absolute Gasteiger partial charge is 0.489 e. The number of anilines is 1. The maximum Gasteiger partial charge on any atom is 0.121 e. The van der Waals surface area contributed by atoms with E-state index < -0.39 is 0 Å². The van der Waals surface area contributed by atoms with Crippen LogP contribution >= 0.6 is 0 Å². The minimum absolute atomic E-state index is 0.506. The third-order valence-corrected chi connectivity index (χ3v) is 2.96. The number of ether oxygens (including phenoxy) is 1. The summed E-state index contributed by atoms with van der Waals surface area (Å²) in [6.45, 7) is 6.05. The lowest BCUT2D eigenvalue weighted by Crippen LogP contribution is -2.20. The first-order valence-corrected chi connectivity index (χ1v) is 6.72. The average Bonchev–Trinajstić information content (AvgIpc) is 2.44. The van der Waals surface area contributed by atoms with Crippen LogP contribution in [0.5, 0.6) is 5.75 Å². The zero-order valence-corrected chi connectivity index (χ0v) is 12.1. The van der Waals surface area contributed by atoms with Crippen LogP contribution in [0.3, 0.4) is 0 Å². The first kappa shape index (κ1) is 14.3. The third kappa shape index (κ3) is 3.71. The van der Waals surface area contributed by atoms with E-state index in [0.717, 1.165) is 35.4 Å². The number of rotatable bonds is 7. The Hall–Kier alpha value is -2.07. The lowest BCUT2D eigenvalue weighted by Gasteiger charge is -2.13.